The van der Waals surface area contributed by atoms with E-state index in [1.807, 2.05) is 19.1 Å². The van der Waals surface area contributed by atoms with Crippen LogP contribution in [0.2, 0.25) is 0 Å². The van der Waals surface area contributed by atoms with E-state index in [0.717, 1.165) is 5.56 Å². The van der Waals surface area contributed by atoms with Crippen LogP contribution in [0.15, 0.2) is 65.6 Å². The molecule has 0 radical (unpaired) electrons. The maximum Gasteiger partial charge on any atom is 0.256 e. The highest BCUT2D eigenvalue weighted by molar-refractivity contribution is 7.89. The number of aliphatic hydroxyl groups is 1. The highest BCUT2D eigenvalue weighted by atomic mass is 32.2. The molecule has 4 atom stereocenters. The van der Waals surface area contributed by atoms with Crippen LogP contribution in [0.5, 0.6) is 0 Å². The van der Waals surface area contributed by atoms with Gasteiger partial charge in [0.25, 0.3) is 5.91 Å². The second-order valence-electron chi connectivity index (χ2n) is 9.36. The van der Waals surface area contributed by atoms with Gasteiger partial charge < -0.3 is 14.7 Å². The molecule has 2 aromatic rings. The van der Waals surface area contributed by atoms with Crippen LogP contribution in [0.1, 0.15) is 34.1 Å². The molecule has 7 nitrogen and oxygen atoms in total. The number of carbonyl (C=O) groups is 1. The molecule has 2 fully saturated rings. The fourth-order valence-corrected chi connectivity index (χ4v) is 7.19. The van der Waals surface area contributed by atoms with Crippen molar-refractivity contribution < 1.29 is 23.1 Å². The molecule has 2 bridgehead atoms. The van der Waals surface area contributed by atoms with Gasteiger partial charge in [-0.15, -0.1) is 0 Å². The van der Waals surface area contributed by atoms with E-state index in [0.29, 0.717) is 24.1 Å². The van der Waals surface area contributed by atoms with Crippen LogP contribution < -0.4 is 0 Å². The molecule has 32 heavy (non-hydrogen) atoms. The summed E-state index contributed by atoms with van der Waals surface area (Å²) in [6, 6.07) is 14.0. The van der Waals surface area contributed by atoms with E-state index in [1.165, 1.54) is 9.21 Å². The molecule has 8 heteroatoms. The van der Waals surface area contributed by atoms with E-state index in [1.54, 1.807) is 48.5 Å². The van der Waals surface area contributed by atoms with Gasteiger partial charge >= 0.3 is 0 Å². The topological polar surface area (TPSA) is 87.2 Å². The first-order valence-corrected chi connectivity index (χ1v) is 12.2. The first kappa shape index (κ1) is 20.1. The molecule has 4 aliphatic heterocycles. The van der Waals surface area contributed by atoms with E-state index in [9.17, 15) is 18.3 Å². The minimum atomic E-state index is -3.61. The summed E-state index contributed by atoms with van der Waals surface area (Å²) in [7, 11) is -3.61. The molecule has 166 valence electrons. The Morgan fingerprint density at radius 3 is 2.59 bits per heavy atom. The maximum atomic E-state index is 13.2. The molecule has 1 N–H and O–H groups in total. The van der Waals surface area contributed by atoms with Crippen molar-refractivity contribution in [2.75, 3.05) is 19.6 Å². The Labute approximate surface area is 187 Å². The Morgan fingerprint density at radius 2 is 1.88 bits per heavy atom. The molecule has 0 unspecified atom stereocenters. The number of aryl methyl sites for hydroxylation is 1. The predicted molar refractivity (Wildman–Crippen MR) is 116 cm³/mol. The van der Waals surface area contributed by atoms with Crippen molar-refractivity contribution >= 4 is 15.9 Å². The summed E-state index contributed by atoms with van der Waals surface area (Å²) in [5.41, 5.74) is 0.746. The van der Waals surface area contributed by atoms with Gasteiger partial charge in [0.05, 0.1) is 11.4 Å². The zero-order valence-corrected chi connectivity index (χ0v) is 18.5. The fourth-order valence-electron chi connectivity index (χ4n) is 5.67. The van der Waals surface area contributed by atoms with Crippen LogP contribution in [0.4, 0.5) is 0 Å². The molecule has 6 rings (SSSR count). The number of sulfonamides is 1. The first-order chi connectivity index (χ1) is 15.2. The number of ether oxygens (including phenoxy) is 1. The number of hydrogen-bond donors (Lipinski definition) is 1. The summed E-state index contributed by atoms with van der Waals surface area (Å²) in [6.45, 7) is 2.79. The third-order valence-corrected chi connectivity index (χ3v) is 9.14. The molecule has 0 aromatic heterocycles. The number of aliphatic hydroxyl groups excluding tert-OH is 1. The van der Waals surface area contributed by atoms with Crippen LogP contribution >= 0.6 is 0 Å². The van der Waals surface area contributed by atoms with Crippen molar-refractivity contribution in [3.63, 3.8) is 0 Å². The van der Waals surface area contributed by atoms with Gasteiger partial charge in [0.15, 0.2) is 6.23 Å². The normalized spacial score (nSPS) is 33.2. The third kappa shape index (κ3) is 2.70. The van der Waals surface area contributed by atoms with Gasteiger partial charge in [-0.2, -0.15) is 4.31 Å². The van der Waals surface area contributed by atoms with Crippen LogP contribution in [0, 0.1) is 12.8 Å². The van der Waals surface area contributed by atoms with Crippen molar-refractivity contribution in [1.29, 1.82) is 0 Å². The van der Waals surface area contributed by atoms with Crippen molar-refractivity contribution in [3.05, 3.63) is 77.4 Å². The van der Waals surface area contributed by atoms with Gasteiger partial charge in [-0.05, 0) is 31.5 Å². The monoisotopic (exact) mass is 452 g/mol. The lowest BCUT2D eigenvalue weighted by Crippen LogP contribution is -2.44. The maximum absolute atomic E-state index is 13.2. The van der Waals surface area contributed by atoms with Crippen molar-refractivity contribution in [1.82, 2.24) is 9.21 Å². The van der Waals surface area contributed by atoms with E-state index in [-0.39, 0.29) is 29.8 Å². The standard InChI is InChI=1S/C24H24N2O5S/c1-16-6-8-18(9-7-16)32(29,30)25-13-17-12-23(10-11-24(17,15-25)31-23)14-26-21(27)19-4-2-3-5-20(19)22(26)28/h2-11,17,21,27H,12-15H2,1H3/t17-,21-,23+,24+/m1/s1. The second-order valence-corrected chi connectivity index (χ2v) is 11.3. The smallest absolute Gasteiger partial charge is 0.256 e. The third-order valence-electron chi connectivity index (χ3n) is 7.32. The lowest BCUT2D eigenvalue weighted by atomic mass is 9.81. The number of rotatable bonds is 4. The number of hydrogen-bond acceptors (Lipinski definition) is 5. The fraction of sp³-hybridized carbons (Fsp3) is 0.375. The molecule has 1 spiro atoms. The van der Waals surface area contributed by atoms with Gasteiger partial charge in [0.2, 0.25) is 10.0 Å². The summed E-state index contributed by atoms with van der Waals surface area (Å²) >= 11 is 0. The van der Waals surface area contributed by atoms with E-state index >= 15 is 0 Å². The minimum Gasteiger partial charge on any atom is -0.369 e. The molecule has 4 aliphatic rings. The summed E-state index contributed by atoms with van der Waals surface area (Å²) in [5, 5.41) is 10.7. The zero-order chi connectivity index (χ0) is 22.3. The number of amides is 1. The van der Waals surface area contributed by atoms with Gasteiger partial charge in [0.1, 0.15) is 11.2 Å². The molecule has 1 amide bonds. The van der Waals surface area contributed by atoms with Crippen molar-refractivity contribution in [2.24, 2.45) is 5.92 Å². The van der Waals surface area contributed by atoms with E-state index in [4.69, 9.17) is 4.74 Å². The zero-order valence-electron chi connectivity index (χ0n) is 17.6. The van der Waals surface area contributed by atoms with Crippen LogP contribution in [0.25, 0.3) is 0 Å². The second kappa shape index (κ2) is 6.51. The lowest BCUT2D eigenvalue weighted by molar-refractivity contribution is -0.0675. The molecule has 0 aliphatic carbocycles. The first-order valence-electron chi connectivity index (χ1n) is 10.8. The summed E-state index contributed by atoms with van der Waals surface area (Å²) < 4.78 is 34.4. The van der Waals surface area contributed by atoms with Crippen molar-refractivity contribution in [3.8, 4) is 0 Å². The van der Waals surface area contributed by atoms with Crippen LogP contribution in [-0.4, -0.2) is 59.5 Å². The number of fused-ring (bicyclic) bond motifs is 2. The number of nitrogens with zero attached hydrogens (tertiary/aromatic N) is 2. The SMILES string of the molecule is Cc1ccc(S(=O)(=O)N2C[C@H]3C[C@]4(CN5C(=O)c6ccccc6[C@H]5O)C=C[C@@]3(C2)O4)cc1. The van der Waals surface area contributed by atoms with E-state index in [2.05, 4.69) is 0 Å². The van der Waals surface area contributed by atoms with Gasteiger partial charge in [-0.1, -0.05) is 48.0 Å². The molecule has 0 saturated carbocycles. The molecular formula is C24H24N2O5S. The molecule has 2 aromatic carbocycles. The Morgan fingerprint density at radius 1 is 1.12 bits per heavy atom. The number of carbonyl (C=O) groups excluding carboxylic acids is 1. The number of benzene rings is 2. The highest BCUT2D eigenvalue weighted by Gasteiger charge is 2.64. The Hall–Kier alpha value is -2.52. The minimum absolute atomic E-state index is 0.00458. The van der Waals surface area contributed by atoms with Crippen molar-refractivity contribution in [2.45, 2.75) is 35.7 Å². The Bertz CT molecular complexity index is 1260. The average Bonchev–Trinajstić information content (AvgIpc) is 3.47. The summed E-state index contributed by atoms with van der Waals surface area (Å²) in [5.74, 6) is -0.203. The van der Waals surface area contributed by atoms with Crippen LogP contribution in [-0.2, 0) is 14.8 Å². The van der Waals surface area contributed by atoms with E-state index < -0.39 is 27.5 Å². The quantitative estimate of drug-likeness (QED) is 0.719. The largest absolute Gasteiger partial charge is 0.369 e. The average molecular weight is 453 g/mol. The van der Waals surface area contributed by atoms with Gasteiger partial charge in [0, 0.05) is 30.1 Å². The highest BCUT2D eigenvalue weighted by Crippen LogP contribution is 2.54. The molecular weight excluding hydrogens is 428 g/mol. The molecule has 2 saturated heterocycles. The summed E-state index contributed by atoms with van der Waals surface area (Å²) in [4.78, 5) is 14.6. The summed E-state index contributed by atoms with van der Waals surface area (Å²) in [6.07, 6.45) is 3.52. The lowest BCUT2D eigenvalue weighted by Gasteiger charge is -2.32. The Balaban J connectivity index is 1.22. The Kier molecular flexibility index (Phi) is 4.09. The van der Waals surface area contributed by atoms with Crippen LogP contribution in [0.3, 0.4) is 0 Å². The predicted octanol–water partition coefficient (Wildman–Crippen LogP) is 2.23. The van der Waals surface area contributed by atoms with Gasteiger partial charge in [-0.25, -0.2) is 8.42 Å². The van der Waals surface area contributed by atoms with Gasteiger partial charge in [-0.3, -0.25) is 4.79 Å². The molecule has 4 heterocycles.